The van der Waals surface area contributed by atoms with Crippen molar-refractivity contribution in [3.63, 3.8) is 0 Å². The van der Waals surface area contributed by atoms with Crippen LogP contribution in [0.4, 0.5) is 0 Å². The zero-order valence-electron chi connectivity index (χ0n) is 16.5. The number of fused-ring (bicyclic) bond motifs is 4. The first-order valence-corrected chi connectivity index (χ1v) is 9.96. The number of aromatic nitrogens is 2. The third-order valence-corrected chi connectivity index (χ3v) is 5.65. The van der Waals surface area contributed by atoms with Crippen molar-refractivity contribution in [3.8, 4) is 11.1 Å². The van der Waals surface area contributed by atoms with Gasteiger partial charge in [-0.3, -0.25) is 14.2 Å². The SMILES string of the molecule is Cn1c(CCC(=O)OC2c3ccccc3-c3ccccc32)nc2ccccc2c1=O. The van der Waals surface area contributed by atoms with Gasteiger partial charge in [0.25, 0.3) is 5.56 Å². The normalized spacial score (nSPS) is 12.6. The Bertz CT molecular complexity index is 1290. The van der Waals surface area contributed by atoms with Crippen LogP contribution in [0.1, 0.15) is 29.5 Å². The number of para-hydroxylation sites is 1. The molecule has 0 N–H and O–H groups in total. The molecule has 0 saturated heterocycles. The molecule has 0 unspecified atom stereocenters. The number of esters is 1. The largest absolute Gasteiger partial charge is 0.452 e. The van der Waals surface area contributed by atoms with Crippen molar-refractivity contribution in [3.05, 3.63) is 100 Å². The molecule has 0 atom stereocenters. The van der Waals surface area contributed by atoms with Gasteiger partial charge in [-0.1, -0.05) is 60.7 Å². The number of nitrogens with zero attached hydrogens (tertiary/aromatic N) is 2. The highest BCUT2D eigenvalue weighted by atomic mass is 16.5. The summed E-state index contributed by atoms with van der Waals surface area (Å²) >= 11 is 0. The fourth-order valence-electron chi connectivity index (χ4n) is 4.13. The molecule has 5 rings (SSSR count). The predicted molar refractivity (Wildman–Crippen MR) is 115 cm³/mol. The number of rotatable bonds is 4. The molecule has 3 aromatic carbocycles. The second kappa shape index (κ2) is 7.26. The van der Waals surface area contributed by atoms with Crippen molar-refractivity contribution < 1.29 is 9.53 Å². The lowest BCUT2D eigenvalue weighted by Gasteiger charge is -2.15. The van der Waals surface area contributed by atoms with Gasteiger partial charge in [-0.2, -0.15) is 0 Å². The quantitative estimate of drug-likeness (QED) is 0.486. The summed E-state index contributed by atoms with van der Waals surface area (Å²) < 4.78 is 7.40. The average molecular weight is 396 g/mol. The van der Waals surface area contributed by atoms with E-state index < -0.39 is 6.10 Å². The summed E-state index contributed by atoms with van der Waals surface area (Å²) in [5.41, 5.74) is 4.74. The van der Waals surface area contributed by atoms with Gasteiger partial charge in [-0.25, -0.2) is 4.98 Å². The second-order valence-corrected chi connectivity index (χ2v) is 7.45. The van der Waals surface area contributed by atoms with Crippen molar-refractivity contribution >= 4 is 16.9 Å². The molecule has 1 aliphatic carbocycles. The predicted octanol–water partition coefficient (Wildman–Crippen LogP) is 4.18. The van der Waals surface area contributed by atoms with Crippen LogP contribution in [0.5, 0.6) is 0 Å². The van der Waals surface area contributed by atoms with E-state index in [0.717, 1.165) is 22.3 Å². The Kier molecular flexibility index (Phi) is 4.43. The zero-order chi connectivity index (χ0) is 20.7. The summed E-state index contributed by atoms with van der Waals surface area (Å²) in [6.45, 7) is 0. The molecule has 0 bridgehead atoms. The molecule has 0 amide bonds. The first kappa shape index (κ1) is 18.3. The van der Waals surface area contributed by atoms with Gasteiger partial charge in [-0.15, -0.1) is 0 Å². The number of benzene rings is 3. The van der Waals surface area contributed by atoms with Gasteiger partial charge in [0.15, 0.2) is 6.10 Å². The Labute approximate surface area is 173 Å². The molecule has 5 nitrogen and oxygen atoms in total. The molecular formula is C25H20N2O3. The van der Waals surface area contributed by atoms with Crippen LogP contribution in [-0.2, 0) is 23.0 Å². The van der Waals surface area contributed by atoms with Gasteiger partial charge in [-0.05, 0) is 23.3 Å². The molecule has 0 aliphatic heterocycles. The summed E-state index contributed by atoms with van der Waals surface area (Å²) in [6, 6.07) is 23.2. The first-order chi connectivity index (χ1) is 14.6. The van der Waals surface area contributed by atoms with Gasteiger partial charge >= 0.3 is 5.97 Å². The number of aryl methyl sites for hydroxylation is 1. The van der Waals surface area contributed by atoms with Gasteiger partial charge in [0.2, 0.25) is 0 Å². The van der Waals surface area contributed by atoms with E-state index in [-0.39, 0.29) is 17.9 Å². The number of carbonyl (C=O) groups is 1. The van der Waals surface area contributed by atoms with Crippen LogP contribution >= 0.6 is 0 Å². The lowest BCUT2D eigenvalue weighted by atomic mass is 10.1. The van der Waals surface area contributed by atoms with Crippen LogP contribution in [0.3, 0.4) is 0 Å². The molecule has 1 heterocycles. The Balaban J connectivity index is 1.37. The number of ether oxygens (including phenoxy) is 1. The van der Waals surface area contributed by atoms with Gasteiger partial charge in [0.05, 0.1) is 17.3 Å². The minimum Gasteiger partial charge on any atom is -0.452 e. The Morgan fingerprint density at radius 1 is 0.933 bits per heavy atom. The molecule has 1 aliphatic rings. The van der Waals surface area contributed by atoms with Crippen molar-refractivity contribution in [1.29, 1.82) is 0 Å². The Morgan fingerprint density at radius 2 is 1.53 bits per heavy atom. The number of hydrogen-bond acceptors (Lipinski definition) is 4. The Morgan fingerprint density at radius 3 is 2.23 bits per heavy atom. The molecule has 4 aromatic rings. The third kappa shape index (κ3) is 2.99. The van der Waals surface area contributed by atoms with E-state index in [2.05, 4.69) is 17.1 Å². The molecule has 0 radical (unpaired) electrons. The maximum Gasteiger partial charge on any atom is 0.307 e. The summed E-state index contributed by atoms with van der Waals surface area (Å²) in [7, 11) is 1.69. The summed E-state index contributed by atoms with van der Waals surface area (Å²) in [5, 5.41) is 0.575. The summed E-state index contributed by atoms with van der Waals surface area (Å²) in [6.07, 6.45) is 0.0866. The molecule has 30 heavy (non-hydrogen) atoms. The number of hydrogen-bond donors (Lipinski definition) is 0. The van der Waals surface area contributed by atoms with E-state index in [1.165, 1.54) is 4.57 Å². The minimum atomic E-state index is -0.404. The van der Waals surface area contributed by atoms with Gasteiger partial charge < -0.3 is 4.74 Å². The van der Waals surface area contributed by atoms with Crippen LogP contribution in [0.25, 0.3) is 22.0 Å². The van der Waals surface area contributed by atoms with Crippen LogP contribution in [0, 0.1) is 0 Å². The van der Waals surface area contributed by atoms with Gasteiger partial charge in [0.1, 0.15) is 5.82 Å². The smallest absolute Gasteiger partial charge is 0.307 e. The van der Waals surface area contributed by atoms with Gasteiger partial charge in [0, 0.05) is 24.6 Å². The molecule has 1 aromatic heterocycles. The summed E-state index contributed by atoms with van der Waals surface area (Å²) in [4.78, 5) is 29.8. The highest BCUT2D eigenvalue weighted by Crippen LogP contribution is 2.45. The number of carbonyl (C=O) groups excluding carboxylic acids is 1. The second-order valence-electron chi connectivity index (χ2n) is 7.45. The maximum atomic E-state index is 12.7. The Hall–Kier alpha value is -3.73. The van der Waals surface area contributed by atoms with E-state index in [4.69, 9.17) is 4.74 Å². The van der Waals surface area contributed by atoms with Crippen LogP contribution in [0.15, 0.2) is 77.6 Å². The molecule has 148 valence electrons. The van der Waals surface area contributed by atoms with Crippen molar-refractivity contribution in [2.45, 2.75) is 18.9 Å². The van der Waals surface area contributed by atoms with Crippen molar-refractivity contribution in [2.24, 2.45) is 7.05 Å². The monoisotopic (exact) mass is 396 g/mol. The van der Waals surface area contributed by atoms with E-state index in [0.29, 0.717) is 23.1 Å². The lowest BCUT2D eigenvalue weighted by molar-refractivity contribution is -0.147. The first-order valence-electron chi connectivity index (χ1n) is 9.96. The van der Waals surface area contributed by atoms with Crippen molar-refractivity contribution in [1.82, 2.24) is 9.55 Å². The lowest BCUT2D eigenvalue weighted by Crippen LogP contribution is -2.23. The average Bonchev–Trinajstić information content (AvgIpc) is 3.09. The topological polar surface area (TPSA) is 61.2 Å². The highest BCUT2D eigenvalue weighted by Gasteiger charge is 2.30. The summed E-state index contributed by atoms with van der Waals surface area (Å²) in [5.74, 6) is 0.261. The molecular weight excluding hydrogens is 376 g/mol. The standard InChI is InChI=1S/C25H20N2O3/c1-27-22(26-21-13-7-6-12-20(21)25(27)29)14-15-23(28)30-24-18-10-4-2-8-16(18)17-9-3-5-11-19(17)24/h2-13,24H,14-15H2,1H3. The molecule has 0 fully saturated rings. The molecule has 0 saturated carbocycles. The van der Waals surface area contributed by atoms with E-state index in [9.17, 15) is 9.59 Å². The van der Waals surface area contributed by atoms with E-state index in [1.54, 1.807) is 13.1 Å². The molecule has 5 heteroatoms. The van der Waals surface area contributed by atoms with Crippen LogP contribution < -0.4 is 5.56 Å². The third-order valence-electron chi connectivity index (χ3n) is 5.65. The zero-order valence-corrected chi connectivity index (χ0v) is 16.5. The maximum absolute atomic E-state index is 12.7. The van der Waals surface area contributed by atoms with Crippen molar-refractivity contribution in [2.75, 3.05) is 0 Å². The van der Waals surface area contributed by atoms with Crippen LogP contribution in [0.2, 0.25) is 0 Å². The molecule has 0 spiro atoms. The fourth-order valence-corrected chi connectivity index (χ4v) is 4.13. The van der Waals surface area contributed by atoms with Crippen LogP contribution in [-0.4, -0.2) is 15.5 Å². The van der Waals surface area contributed by atoms with E-state index >= 15 is 0 Å². The van der Waals surface area contributed by atoms with E-state index in [1.807, 2.05) is 54.6 Å². The minimum absolute atomic E-state index is 0.109. The fraction of sp³-hybridized carbons (Fsp3) is 0.160. The highest BCUT2D eigenvalue weighted by molar-refractivity contribution is 5.80.